The Balaban J connectivity index is 2.37. The molecule has 0 radical (unpaired) electrons. The van der Waals surface area contributed by atoms with Crippen LogP contribution in [0, 0.1) is 0 Å². The van der Waals surface area contributed by atoms with Gasteiger partial charge in [0.05, 0.1) is 13.2 Å². The zero-order valence-electron chi connectivity index (χ0n) is 12.0. The van der Waals surface area contributed by atoms with Crippen LogP contribution in [0.1, 0.15) is 20.3 Å². The smallest absolute Gasteiger partial charge is 0.403 e. The van der Waals surface area contributed by atoms with Gasteiger partial charge in [-0.2, -0.15) is 0 Å². The molecule has 0 N–H and O–H groups in total. The lowest BCUT2D eigenvalue weighted by Gasteiger charge is -2.18. The van der Waals surface area contributed by atoms with Crippen molar-refractivity contribution in [3.63, 3.8) is 0 Å². The van der Waals surface area contributed by atoms with E-state index in [2.05, 4.69) is 0 Å². The molecule has 21 heavy (non-hydrogen) atoms. The van der Waals surface area contributed by atoms with E-state index in [0.717, 1.165) is 17.2 Å². The molecule has 0 saturated carbocycles. The summed E-state index contributed by atoms with van der Waals surface area (Å²) in [6.07, 6.45) is 0.724. The van der Waals surface area contributed by atoms with Crippen molar-refractivity contribution in [1.29, 1.82) is 0 Å². The van der Waals surface area contributed by atoms with Gasteiger partial charge in [-0.3, -0.25) is 9.05 Å². The van der Waals surface area contributed by atoms with Crippen LogP contribution in [0.2, 0.25) is 5.02 Å². The average molecular weight is 329 g/mol. The topological polar surface area (TPSA) is 44.8 Å². The lowest BCUT2D eigenvalue weighted by atomic mass is 10.1. The van der Waals surface area contributed by atoms with Crippen LogP contribution in [0.4, 0.5) is 0 Å². The molecule has 114 valence electrons. The van der Waals surface area contributed by atoms with Crippen molar-refractivity contribution in [3.8, 4) is 5.75 Å². The number of phosphoric ester groups is 1. The quantitative estimate of drug-likeness (QED) is 0.634. The van der Waals surface area contributed by atoms with Gasteiger partial charge < -0.3 is 4.52 Å². The summed E-state index contributed by atoms with van der Waals surface area (Å²) >= 11 is 6.16. The van der Waals surface area contributed by atoms with Crippen molar-refractivity contribution in [2.75, 3.05) is 13.2 Å². The molecule has 0 fully saturated rings. The summed E-state index contributed by atoms with van der Waals surface area (Å²) in [5.41, 5.74) is 0. The Kier molecular flexibility index (Phi) is 5.65. The van der Waals surface area contributed by atoms with Crippen molar-refractivity contribution in [2.24, 2.45) is 0 Å². The predicted molar refractivity (Wildman–Crippen MR) is 85.1 cm³/mol. The van der Waals surface area contributed by atoms with Crippen LogP contribution in [0.5, 0.6) is 5.75 Å². The minimum absolute atomic E-state index is 0.243. The van der Waals surface area contributed by atoms with Crippen LogP contribution in [0.3, 0.4) is 0 Å². The van der Waals surface area contributed by atoms with Gasteiger partial charge in [-0.25, -0.2) is 4.57 Å². The molecule has 4 nitrogen and oxygen atoms in total. The minimum Gasteiger partial charge on any atom is -0.403 e. The van der Waals surface area contributed by atoms with Gasteiger partial charge in [-0.1, -0.05) is 42.8 Å². The number of hydrogen-bond donors (Lipinski definition) is 0. The maximum atomic E-state index is 12.6. The zero-order chi connectivity index (χ0) is 15.3. The molecular weight excluding hydrogens is 311 g/mol. The molecule has 0 aliphatic rings. The second-order valence-corrected chi connectivity index (χ2v) is 6.38. The lowest BCUT2D eigenvalue weighted by molar-refractivity contribution is 0.162. The maximum Gasteiger partial charge on any atom is 0.530 e. The summed E-state index contributed by atoms with van der Waals surface area (Å²) in [6, 6.07) is 10.9. The van der Waals surface area contributed by atoms with E-state index >= 15 is 0 Å². The summed E-state index contributed by atoms with van der Waals surface area (Å²) in [6.45, 7) is 4.22. The normalized spacial score (nSPS) is 14.0. The molecule has 0 bridgehead atoms. The molecule has 2 rings (SSSR count). The molecule has 1 atom stereocenters. The first-order valence-electron chi connectivity index (χ1n) is 6.85. The Morgan fingerprint density at radius 2 is 1.76 bits per heavy atom. The Bertz CT molecular complexity index is 659. The summed E-state index contributed by atoms with van der Waals surface area (Å²) in [4.78, 5) is 0. The summed E-state index contributed by atoms with van der Waals surface area (Å²) < 4.78 is 28.6. The highest BCUT2D eigenvalue weighted by Gasteiger charge is 2.28. The Morgan fingerprint density at radius 1 is 1.05 bits per heavy atom. The summed E-state index contributed by atoms with van der Waals surface area (Å²) in [5, 5.41) is 2.21. The van der Waals surface area contributed by atoms with Crippen molar-refractivity contribution >= 4 is 30.2 Å². The molecule has 6 heteroatoms. The molecule has 0 spiro atoms. The van der Waals surface area contributed by atoms with Crippen LogP contribution in [-0.4, -0.2) is 13.2 Å². The first-order valence-corrected chi connectivity index (χ1v) is 8.69. The number of fused-ring (bicyclic) bond motifs is 1. The van der Waals surface area contributed by atoms with Gasteiger partial charge in [0.25, 0.3) is 0 Å². The third-order valence-electron chi connectivity index (χ3n) is 2.78. The third kappa shape index (κ3) is 3.98. The monoisotopic (exact) mass is 328 g/mol. The van der Waals surface area contributed by atoms with Crippen molar-refractivity contribution in [2.45, 2.75) is 20.3 Å². The molecule has 2 aromatic rings. The molecule has 0 aliphatic carbocycles. The number of benzene rings is 2. The van der Waals surface area contributed by atoms with Crippen LogP contribution in [-0.2, 0) is 13.6 Å². The fourth-order valence-corrected chi connectivity index (χ4v) is 3.42. The van der Waals surface area contributed by atoms with Crippen LogP contribution >= 0.6 is 19.4 Å². The fraction of sp³-hybridized carbons (Fsp3) is 0.333. The molecule has 1 unspecified atom stereocenters. The number of phosphoric acid groups is 1. The van der Waals surface area contributed by atoms with Crippen LogP contribution in [0.25, 0.3) is 10.8 Å². The predicted octanol–water partition coefficient (Wildman–Crippen LogP) is 5.44. The average Bonchev–Trinajstić information content (AvgIpc) is 2.49. The first kappa shape index (κ1) is 16.3. The molecule has 0 saturated heterocycles. The Labute approximate surface area is 129 Å². The van der Waals surface area contributed by atoms with E-state index in [1.165, 1.54) is 0 Å². The van der Waals surface area contributed by atoms with Crippen LogP contribution in [0.15, 0.2) is 36.4 Å². The minimum atomic E-state index is -3.62. The second-order valence-electron chi connectivity index (χ2n) is 4.38. The molecule has 2 aromatic carbocycles. The van der Waals surface area contributed by atoms with Gasteiger partial charge in [-0.15, -0.1) is 0 Å². The third-order valence-corrected chi connectivity index (χ3v) is 4.60. The maximum absolute atomic E-state index is 12.6. The van der Waals surface area contributed by atoms with Gasteiger partial charge >= 0.3 is 7.82 Å². The fourth-order valence-electron chi connectivity index (χ4n) is 1.89. The Hall–Kier alpha value is -1.06. The van der Waals surface area contributed by atoms with Crippen LogP contribution < -0.4 is 4.52 Å². The summed E-state index contributed by atoms with van der Waals surface area (Å²) in [7, 11) is -3.62. The van der Waals surface area contributed by atoms with Crippen molar-refractivity contribution in [1.82, 2.24) is 0 Å². The van der Waals surface area contributed by atoms with E-state index in [9.17, 15) is 4.57 Å². The highest BCUT2D eigenvalue weighted by molar-refractivity contribution is 7.48. The van der Waals surface area contributed by atoms with Gasteiger partial charge in [-0.05, 0) is 25.5 Å². The van der Waals surface area contributed by atoms with Gasteiger partial charge in [0.1, 0.15) is 5.75 Å². The van der Waals surface area contributed by atoms with E-state index in [1.54, 1.807) is 19.1 Å². The highest BCUT2D eigenvalue weighted by atomic mass is 35.5. The molecule has 0 heterocycles. The lowest BCUT2D eigenvalue weighted by Crippen LogP contribution is -2.03. The molecule has 0 aliphatic heterocycles. The van der Waals surface area contributed by atoms with Crippen molar-refractivity contribution in [3.05, 3.63) is 41.4 Å². The van der Waals surface area contributed by atoms with E-state index in [4.69, 9.17) is 25.2 Å². The van der Waals surface area contributed by atoms with Gasteiger partial charge in [0.2, 0.25) is 0 Å². The Morgan fingerprint density at radius 3 is 2.43 bits per heavy atom. The largest absolute Gasteiger partial charge is 0.530 e. The van der Waals surface area contributed by atoms with E-state index in [1.807, 2.05) is 31.2 Å². The summed E-state index contributed by atoms with van der Waals surface area (Å²) in [5.74, 6) is 0.433. The highest BCUT2D eigenvalue weighted by Crippen LogP contribution is 2.51. The van der Waals surface area contributed by atoms with E-state index in [0.29, 0.717) is 17.4 Å². The SMILES string of the molecule is CCCOP(=O)(OCC)Oc1ccc(Cl)c2ccccc12. The molecular formula is C15H18ClO4P. The number of hydrogen-bond acceptors (Lipinski definition) is 4. The molecule has 0 aromatic heterocycles. The standard InChI is InChI=1S/C15H18ClO4P/c1-3-11-19-21(17,18-4-2)20-15-10-9-14(16)12-7-5-6-8-13(12)15/h5-10H,3-4,11H2,1-2H3. The van der Waals surface area contributed by atoms with Crippen molar-refractivity contribution < 1.29 is 18.1 Å². The first-order chi connectivity index (χ1) is 10.1. The van der Waals surface area contributed by atoms with E-state index in [-0.39, 0.29) is 6.61 Å². The second kappa shape index (κ2) is 7.28. The number of rotatable bonds is 7. The van der Waals surface area contributed by atoms with E-state index < -0.39 is 7.82 Å². The molecule has 0 amide bonds. The van der Waals surface area contributed by atoms with Gasteiger partial charge in [0.15, 0.2) is 0 Å². The number of halogens is 1. The van der Waals surface area contributed by atoms with Gasteiger partial charge in [0, 0.05) is 15.8 Å². The zero-order valence-corrected chi connectivity index (χ0v) is 13.7.